The first-order chi connectivity index (χ1) is 9.51. The van der Waals surface area contributed by atoms with Gasteiger partial charge >= 0.3 is 0 Å². The molecule has 0 aliphatic carbocycles. The molecule has 112 valence electrons. The molecule has 1 aliphatic rings. The van der Waals surface area contributed by atoms with Crippen LogP contribution in [0.1, 0.15) is 58.1 Å². The fourth-order valence-corrected chi connectivity index (χ4v) is 4.01. The second-order valence-corrected chi connectivity index (χ2v) is 7.04. The molecule has 1 unspecified atom stereocenters. The minimum absolute atomic E-state index is 0.0765. The lowest BCUT2D eigenvalue weighted by Gasteiger charge is -2.42. The number of nitrogens with two attached hydrogens (primary N) is 1. The molecule has 2 rings (SSSR count). The van der Waals surface area contributed by atoms with Crippen LogP contribution in [-0.4, -0.2) is 13.1 Å². The Morgan fingerprint density at radius 1 is 1.25 bits per heavy atom. The van der Waals surface area contributed by atoms with Crippen molar-refractivity contribution in [1.29, 1.82) is 0 Å². The van der Waals surface area contributed by atoms with E-state index >= 15 is 0 Å². The van der Waals surface area contributed by atoms with Gasteiger partial charge in [-0.1, -0.05) is 48.7 Å². The van der Waals surface area contributed by atoms with Gasteiger partial charge in [0, 0.05) is 29.3 Å². The van der Waals surface area contributed by atoms with E-state index in [-0.39, 0.29) is 6.04 Å². The van der Waals surface area contributed by atoms with Crippen LogP contribution in [0.5, 0.6) is 0 Å². The minimum atomic E-state index is 0.0765. The van der Waals surface area contributed by atoms with Gasteiger partial charge in [-0.05, 0) is 42.9 Å². The summed E-state index contributed by atoms with van der Waals surface area (Å²) < 4.78 is 1.13. The molecule has 0 amide bonds. The summed E-state index contributed by atoms with van der Waals surface area (Å²) >= 11 is 3.66. The van der Waals surface area contributed by atoms with Gasteiger partial charge in [-0.3, -0.25) is 0 Å². The summed E-state index contributed by atoms with van der Waals surface area (Å²) in [5, 5.41) is 0. The topological polar surface area (TPSA) is 29.3 Å². The highest BCUT2D eigenvalue weighted by molar-refractivity contribution is 9.10. The first-order valence-electron chi connectivity index (χ1n) is 7.81. The van der Waals surface area contributed by atoms with Gasteiger partial charge in [0.1, 0.15) is 0 Å². The molecular formula is C17H27BrN2. The molecule has 0 aromatic heterocycles. The molecule has 2 N–H and O–H groups in total. The molecule has 0 bridgehead atoms. The van der Waals surface area contributed by atoms with E-state index in [1.54, 1.807) is 0 Å². The van der Waals surface area contributed by atoms with Gasteiger partial charge in [0.15, 0.2) is 0 Å². The van der Waals surface area contributed by atoms with E-state index in [2.05, 4.69) is 52.9 Å². The van der Waals surface area contributed by atoms with Crippen molar-refractivity contribution in [2.75, 3.05) is 18.0 Å². The molecule has 20 heavy (non-hydrogen) atoms. The molecule has 0 saturated carbocycles. The number of anilines is 1. The van der Waals surface area contributed by atoms with Crippen LogP contribution in [0.25, 0.3) is 0 Å². The van der Waals surface area contributed by atoms with Crippen molar-refractivity contribution in [1.82, 2.24) is 0 Å². The van der Waals surface area contributed by atoms with Gasteiger partial charge in [0.25, 0.3) is 0 Å². The number of rotatable bonds is 4. The number of hydrogen-bond donors (Lipinski definition) is 1. The zero-order chi connectivity index (χ0) is 14.8. The molecule has 1 aromatic carbocycles. The average molecular weight is 339 g/mol. The number of hydrogen-bond acceptors (Lipinski definition) is 2. The second kappa shape index (κ2) is 6.48. The van der Waals surface area contributed by atoms with Crippen LogP contribution >= 0.6 is 15.9 Å². The summed E-state index contributed by atoms with van der Waals surface area (Å²) in [6, 6.07) is 6.68. The van der Waals surface area contributed by atoms with Gasteiger partial charge in [-0.25, -0.2) is 0 Å². The summed E-state index contributed by atoms with van der Waals surface area (Å²) in [4.78, 5) is 2.51. The molecule has 1 aromatic rings. The SMILES string of the molecule is CCC1(CC)CCN(c2ccc(C(C)N)c(Br)c2)CC1. The molecule has 1 atom stereocenters. The van der Waals surface area contributed by atoms with E-state index in [0.717, 1.165) is 4.47 Å². The molecule has 1 saturated heterocycles. The maximum absolute atomic E-state index is 5.97. The van der Waals surface area contributed by atoms with E-state index in [9.17, 15) is 0 Å². The lowest BCUT2D eigenvalue weighted by Crippen LogP contribution is -2.39. The number of piperidine rings is 1. The quantitative estimate of drug-likeness (QED) is 0.847. The van der Waals surface area contributed by atoms with Crippen LogP contribution in [0.2, 0.25) is 0 Å². The number of benzene rings is 1. The van der Waals surface area contributed by atoms with Crippen molar-refractivity contribution in [3.8, 4) is 0 Å². The molecular weight excluding hydrogens is 312 g/mol. The van der Waals surface area contributed by atoms with Gasteiger partial charge in [0.2, 0.25) is 0 Å². The summed E-state index contributed by atoms with van der Waals surface area (Å²) in [5.41, 5.74) is 9.06. The van der Waals surface area contributed by atoms with E-state index < -0.39 is 0 Å². The van der Waals surface area contributed by atoms with Crippen LogP contribution in [0.15, 0.2) is 22.7 Å². The average Bonchev–Trinajstić information content (AvgIpc) is 2.47. The third-order valence-corrected chi connectivity index (χ3v) is 5.85. The van der Waals surface area contributed by atoms with Gasteiger partial charge in [-0.15, -0.1) is 0 Å². The molecule has 3 heteroatoms. The summed E-state index contributed by atoms with van der Waals surface area (Å²) in [7, 11) is 0. The zero-order valence-electron chi connectivity index (χ0n) is 13.0. The Morgan fingerprint density at radius 3 is 2.30 bits per heavy atom. The third-order valence-electron chi connectivity index (χ3n) is 5.16. The highest BCUT2D eigenvalue weighted by atomic mass is 79.9. The highest BCUT2D eigenvalue weighted by Gasteiger charge is 2.31. The Balaban J connectivity index is 2.09. The number of nitrogens with zero attached hydrogens (tertiary/aromatic N) is 1. The summed E-state index contributed by atoms with van der Waals surface area (Å²) in [6.45, 7) is 9.05. The fourth-order valence-electron chi connectivity index (χ4n) is 3.28. The lowest BCUT2D eigenvalue weighted by atomic mass is 9.74. The Kier molecular flexibility index (Phi) is 5.14. The first kappa shape index (κ1) is 15.8. The normalized spacial score (nSPS) is 19.9. The summed E-state index contributed by atoms with van der Waals surface area (Å²) in [5.74, 6) is 0. The molecule has 1 heterocycles. The van der Waals surface area contributed by atoms with Crippen molar-refractivity contribution in [2.45, 2.75) is 52.5 Å². The maximum Gasteiger partial charge on any atom is 0.0377 e. The highest BCUT2D eigenvalue weighted by Crippen LogP contribution is 2.39. The van der Waals surface area contributed by atoms with Crippen molar-refractivity contribution in [2.24, 2.45) is 11.1 Å². The zero-order valence-corrected chi connectivity index (χ0v) is 14.5. The minimum Gasteiger partial charge on any atom is -0.371 e. The van der Waals surface area contributed by atoms with E-state index in [4.69, 9.17) is 5.73 Å². The Bertz CT molecular complexity index is 442. The van der Waals surface area contributed by atoms with E-state index in [1.165, 1.54) is 50.0 Å². The summed E-state index contributed by atoms with van der Waals surface area (Å²) in [6.07, 6.45) is 5.24. The molecule has 0 spiro atoms. The predicted octanol–water partition coefficient (Wildman–Crippen LogP) is 4.88. The maximum atomic E-state index is 5.97. The van der Waals surface area contributed by atoms with Gasteiger partial charge in [-0.2, -0.15) is 0 Å². The van der Waals surface area contributed by atoms with Crippen LogP contribution < -0.4 is 10.6 Å². The number of halogens is 1. The van der Waals surface area contributed by atoms with E-state index in [1.807, 2.05) is 6.92 Å². The van der Waals surface area contributed by atoms with Crippen molar-refractivity contribution >= 4 is 21.6 Å². The van der Waals surface area contributed by atoms with Gasteiger partial charge < -0.3 is 10.6 Å². The monoisotopic (exact) mass is 338 g/mol. The fraction of sp³-hybridized carbons (Fsp3) is 0.647. The van der Waals surface area contributed by atoms with Gasteiger partial charge in [0.05, 0.1) is 0 Å². The molecule has 1 aliphatic heterocycles. The lowest BCUT2D eigenvalue weighted by molar-refractivity contribution is 0.199. The molecule has 0 radical (unpaired) electrons. The van der Waals surface area contributed by atoms with E-state index in [0.29, 0.717) is 5.41 Å². The Labute approximate surface area is 131 Å². The standard InChI is InChI=1S/C17H27BrN2/c1-4-17(5-2)8-10-20(11-9-17)14-6-7-15(13(3)19)16(18)12-14/h6-7,12-13H,4-5,8-11,19H2,1-3H3. The van der Waals surface area contributed by atoms with Crippen molar-refractivity contribution < 1.29 is 0 Å². The second-order valence-electron chi connectivity index (χ2n) is 6.19. The Hall–Kier alpha value is -0.540. The van der Waals surface area contributed by atoms with Crippen molar-refractivity contribution in [3.63, 3.8) is 0 Å². The van der Waals surface area contributed by atoms with Crippen LogP contribution in [0.4, 0.5) is 5.69 Å². The van der Waals surface area contributed by atoms with Crippen molar-refractivity contribution in [3.05, 3.63) is 28.2 Å². The predicted molar refractivity (Wildman–Crippen MR) is 91.2 cm³/mol. The third kappa shape index (κ3) is 3.20. The smallest absolute Gasteiger partial charge is 0.0377 e. The van der Waals surface area contributed by atoms with Crippen LogP contribution in [-0.2, 0) is 0 Å². The Morgan fingerprint density at radius 2 is 1.85 bits per heavy atom. The molecule has 2 nitrogen and oxygen atoms in total. The van der Waals surface area contributed by atoms with Crippen LogP contribution in [0, 0.1) is 5.41 Å². The van der Waals surface area contributed by atoms with Crippen LogP contribution in [0.3, 0.4) is 0 Å². The molecule has 1 fully saturated rings. The first-order valence-corrected chi connectivity index (χ1v) is 8.60. The largest absolute Gasteiger partial charge is 0.371 e.